The molecule has 0 radical (unpaired) electrons. The number of anilines is 2. The normalized spacial score (nSPS) is 11.9. The predicted molar refractivity (Wildman–Crippen MR) is 135 cm³/mol. The number of thiophene rings is 1. The highest BCUT2D eigenvalue weighted by atomic mass is 35.5. The van der Waals surface area contributed by atoms with Gasteiger partial charge in [0, 0.05) is 25.3 Å². The summed E-state index contributed by atoms with van der Waals surface area (Å²) in [6.45, 7) is 5.46. The quantitative estimate of drug-likeness (QED) is 0.369. The number of halogens is 1. The molecule has 7 nitrogen and oxygen atoms in total. The van der Waals surface area contributed by atoms with E-state index >= 15 is 0 Å². The zero-order valence-corrected chi connectivity index (χ0v) is 21.8. The first-order chi connectivity index (χ1) is 16.2. The molecule has 34 heavy (non-hydrogen) atoms. The van der Waals surface area contributed by atoms with E-state index in [1.54, 1.807) is 74.7 Å². The third-order valence-electron chi connectivity index (χ3n) is 5.11. The Morgan fingerprint density at radius 1 is 1.06 bits per heavy atom. The van der Waals surface area contributed by atoms with E-state index in [-0.39, 0.29) is 23.8 Å². The van der Waals surface area contributed by atoms with E-state index < -0.39 is 21.7 Å². The standard InChI is InChI=1S/C24H27ClN2O5S2/c1-5-31-24(32-6-2,23(28)26-4)22-20(15-16-33-22)27(18-11-8-7-9-12-18)34(29,30)21-14-10-13-19(25)17(21)3/h7-16H,5-6H2,1-4H3,(H,26,28). The van der Waals surface area contributed by atoms with E-state index in [2.05, 4.69) is 5.32 Å². The van der Waals surface area contributed by atoms with Gasteiger partial charge >= 0.3 is 0 Å². The number of nitrogens with one attached hydrogen (secondary N) is 1. The zero-order valence-electron chi connectivity index (χ0n) is 19.4. The van der Waals surface area contributed by atoms with Crippen molar-refractivity contribution < 1.29 is 22.7 Å². The molecule has 0 unspecified atom stereocenters. The van der Waals surface area contributed by atoms with Crippen molar-refractivity contribution in [2.75, 3.05) is 24.6 Å². The van der Waals surface area contributed by atoms with E-state index in [1.165, 1.54) is 28.8 Å². The summed E-state index contributed by atoms with van der Waals surface area (Å²) in [4.78, 5) is 13.5. The number of rotatable bonds is 10. The van der Waals surface area contributed by atoms with Crippen molar-refractivity contribution in [1.82, 2.24) is 5.32 Å². The molecule has 0 spiro atoms. The van der Waals surface area contributed by atoms with E-state index in [0.717, 1.165) is 0 Å². The van der Waals surface area contributed by atoms with Crippen molar-refractivity contribution in [1.29, 1.82) is 0 Å². The third-order valence-corrected chi connectivity index (χ3v) is 8.39. The SMILES string of the molecule is CCOC(OCC)(C(=O)NC)c1sccc1N(c1ccccc1)S(=O)(=O)c1cccc(Cl)c1C. The van der Waals surface area contributed by atoms with Gasteiger partial charge in [0.05, 0.1) is 21.1 Å². The van der Waals surface area contributed by atoms with E-state index in [1.807, 2.05) is 0 Å². The molecule has 182 valence electrons. The first-order valence-corrected chi connectivity index (χ1v) is 13.4. The minimum Gasteiger partial charge on any atom is -0.354 e. The molecular weight excluding hydrogens is 496 g/mol. The lowest BCUT2D eigenvalue weighted by Gasteiger charge is -2.33. The van der Waals surface area contributed by atoms with Gasteiger partial charge in [0.25, 0.3) is 21.7 Å². The topological polar surface area (TPSA) is 84.9 Å². The molecule has 10 heteroatoms. The van der Waals surface area contributed by atoms with Crippen LogP contribution in [0.1, 0.15) is 24.3 Å². The first kappa shape index (κ1) is 26.2. The van der Waals surface area contributed by atoms with Gasteiger partial charge < -0.3 is 14.8 Å². The van der Waals surface area contributed by atoms with Crippen LogP contribution in [0.25, 0.3) is 0 Å². The Bertz CT molecular complexity index is 1240. The Balaban J connectivity index is 2.34. The average Bonchev–Trinajstić information content (AvgIpc) is 3.30. The molecule has 0 aliphatic heterocycles. The smallest absolute Gasteiger partial charge is 0.288 e. The molecule has 0 fully saturated rings. The molecule has 0 saturated heterocycles. The van der Waals surface area contributed by atoms with Crippen LogP contribution in [0.4, 0.5) is 11.4 Å². The number of hydrogen-bond acceptors (Lipinski definition) is 6. The summed E-state index contributed by atoms with van der Waals surface area (Å²) in [5.41, 5.74) is 1.07. The fourth-order valence-corrected chi connectivity index (χ4v) is 6.64. The van der Waals surface area contributed by atoms with Crippen LogP contribution in [0.5, 0.6) is 0 Å². The number of sulfonamides is 1. The van der Waals surface area contributed by atoms with Crippen LogP contribution in [0.15, 0.2) is 64.9 Å². The Kier molecular flexibility index (Phi) is 8.38. The van der Waals surface area contributed by atoms with E-state index in [0.29, 0.717) is 21.2 Å². The molecule has 1 amide bonds. The van der Waals surface area contributed by atoms with Crippen molar-refractivity contribution >= 4 is 50.2 Å². The summed E-state index contributed by atoms with van der Waals surface area (Å²) in [6.07, 6.45) is 0. The fraction of sp³-hybridized carbons (Fsp3) is 0.292. The van der Waals surface area contributed by atoms with Crippen molar-refractivity contribution in [3.8, 4) is 0 Å². The number of amides is 1. The van der Waals surface area contributed by atoms with Crippen LogP contribution in [0.2, 0.25) is 5.02 Å². The third kappa shape index (κ3) is 4.71. The molecular formula is C24H27ClN2O5S2. The maximum Gasteiger partial charge on any atom is 0.288 e. The van der Waals surface area contributed by atoms with Gasteiger partial charge in [0.2, 0.25) is 0 Å². The van der Waals surface area contributed by atoms with Crippen LogP contribution >= 0.6 is 22.9 Å². The Morgan fingerprint density at radius 3 is 2.29 bits per heavy atom. The van der Waals surface area contributed by atoms with Crippen molar-refractivity contribution in [2.24, 2.45) is 0 Å². The van der Waals surface area contributed by atoms with Gasteiger partial charge in [0.15, 0.2) is 0 Å². The van der Waals surface area contributed by atoms with E-state index in [4.69, 9.17) is 21.1 Å². The van der Waals surface area contributed by atoms with Crippen LogP contribution < -0.4 is 9.62 Å². The predicted octanol–water partition coefficient (Wildman–Crippen LogP) is 5.21. The number of likely N-dealkylation sites (N-methyl/N-ethyl adjacent to an activating group) is 1. The summed E-state index contributed by atoms with van der Waals surface area (Å²) >= 11 is 7.45. The molecule has 2 aromatic carbocycles. The first-order valence-electron chi connectivity index (χ1n) is 10.7. The number of para-hydroxylation sites is 1. The van der Waals surface area contributed by atoms with Crippen LogP contribution in [-0.4, -0.2) is 34.6 Å². The molecule has 3 rings (SSSR count). The van der Waals surface area contributed by atoms with Crippen LogP contribution in [0, 0.1) is 6.92 Å². The van der Waals surface area contributed by atoms with Gasteiger partial charge in [-0.25, -0.2) is 12.7 Å². The van der Waals surface area contributed by atoms with Crippen molar-refractivity contribution in [3.05, 3.63) is 75.4 Å². The largest absolute Gasteiger partial charge is 0.354 e. The van der Waals surface area contributed by atoms with Crippen molar-refractivity contribution in [2.45, 2.75) is 31.5 Å². The second-order valence-electron chi connectivity index (χ2n) is 7.16. The molecule has 0 aliphatic carbocycles. The minimum atomic E-state index is -4.16. The Labute approximate surface area is 209 Å². The zero-order chi connectivity index (χ0) is 24.9. The number of carbonyl (C=O) groups excluding carboxylic acids is 1. The molecule has 0 bridgehead atoms. The average molecular weight is 523 g/mol. The lowest BCUT2D eigenvalue weighted by molar-refractivity contribution is -0.232. The maximum absolute atomic E-state index is 14.1. The number of carbonyl (C=O) groups is 1. The van der Waals surface area contributed by atoms with Gasteiger partial charge in [-0.1, -0.05) is 35.9 Å². The number of benzene rings is 2. The fourth-order valence-electron chi connectivity index (χ4n) is 3.62. The highest BCUT2D eigenvalue weighted by Gasteiger charge is 2.47. The summed E-state index contributed by atoms with van der Waals surface area (Å²) < 4.78 is 41.2. The molecule has 0 saturated carbocycles. The maximum atomic E-state index is 14.1. The lowest BCUT2D eigenvalue weighted by Crippen LogP contribution is -2.48. The highest BCUT2D eigenvalue weighted by Crippen LogP contribution is 2.44. The van der Waals surface area contributed by atoms with Gasteiger partial charge in [0.1, 0.15) is 0 Å². The number of nitrogens with zero attached hydrogens (tertiary/aromatic N) is 1. The molecule has 3 aromatic rings. The Morgan fingerprint density at radius 2 is 1.71 bits per heavy atom. The molecule has 1 heterocycles. The van der Waals surface area contributed by atoms with Crippen LogP contribution in [0.3, 0.4) is 0 Å². The van der Waals surface area contributed by atoms with Crippen LogP contribution in [-0.2, 0) is 30.1 Å². The second-order valence-corrected chi connectivity index (χ2v) is 10.2. The molecule has 0 aliphatic rings. The van der Waals surface area contributed by atoms with Gasteiger partial charge in [-0.3, -0.25) is 4.79 Å². The lowest BCUT2D eigenvalue weighted by atomic mass is 10.1. The summed E-state index contributed by atoms with van der Waals surface area (Å²) in [6, 6.07) is 15.0. The second kappa shape index (κ2) is 10.9. The number of hydrogen-bond donors (Lipinski definition) is 1. The van der Waals surface area contributed by atoms with Gasteiger partial charge in [-0.2, -0.15) is 0 Å². The molecule has 1 N–H and O–H groups in total. The van der Waals surface area contributed by atoms with E-state index in [9.17, 15) is 13.2 Å². The minimum absolute atomic E-state index is 0.0550. The summed E-state index contributed by atoms with van der Waals surface area (Å²) in [5, 5.41) is 4.63. The monoisotopic (exact) mass is 522 g/mol. The number of ether oxygens (including phenoxy) is 2. The summed E-state index contributed by atoms with van der Waals surface area (Å²) in [5.74, 6) is -2.36. The van der Waals surface area contributed by atoms with Gasteiger partial charge in [-0.15, -0.1) is 11.3 Å². The molecule has 1 aromatic heterocycles. The summed E-state index contributed by atoms with van der Waals surface area (Å²) in [7, 11) is -2.69. The van der Waals surface area contributed by atoms with Crippen molar-refractivity contribution in [3.63, 3.8) is 0 Å². The molecule has 0 atom stereocenters. The Hall–Kier alpha value is -2.43. The van der Waals surface area contributed by atoms with Gasteiger partial charge in [-0.05, 0) is 62.0 Å². The highest BCUT2D eigenvalue weighted by molar-refractivity contribution is 7.93.